The zero-order valence-corrected chi connectivity index (χ0v) is 12.1. The van der Waals surface area contributed by atoms with Crippen molar-refractivity contribution in [2.45, 2.75) is 31.5 Å². The van der Waals surface area contributed by atoms with Gasteiger partial charge in [0, 0.05) is 13.2 Å². The summed E-state index contributed by atoms with van der Waals surface area (Å²) < 4.78 is 44.9. The van der Waals surface area contributed by atoms with E-state index >= 15 is 0 Å². The van der Waals surface area contributed by atoms with Crippen LogP contribution in [0.3, 0.4) is 0 Å². The lowest BCUT2D eigenvalue weighted by Crippen LogP contribution is -2.36. The van der Waals surface area contributed by atoms with Crippen molar-refractivity contribution in [1.82, 2.24) is 4.90 Å². The van der Waals surface area contributed by atoms with Gasteiger partial charge in [0.1, 0.15) is 0 Å². The number of benzene rings is 1. The zero-order chi connectivity index (χ0) is 15.7. The Labute approximate surface area is 127 Å². The number of rotatable bonds is 2. The van der Waals surface area contributed by atoms with Crippen LogP contribution in [0.5, 0.6) is 0 Å². The Morgan fingerprint density at radius 1 is 1.23 bits per heavy atom. The average molecular weight is 313 g/mol. The number of carbonyl (C=O) groups is 1. The van der Waals surface area contributed by atoms with E-state index in [1.807, 2.05) is 0 Å². The molecule has 2 atom stereocenters. The highest BCUT2D eigenvalue weighted by Crippen LogP contribution is 2.41. The molecule has 0 N–H and O–H groups in total. The number of hydrogen-bond acceptors (Lipinski definition) is 2. The molecule has 6 heteroatoms. The van der Waals surface area contributed by atoms with Crippen molar-refractivity contribution in [2.24, 2.45) is 5.92 Å². The molecule has 0 saturated carbocycles. The van der Waals surface area contributed by atoms with Gasteiger partial charge in [0.05, 0.1) is 24.1 Å². The predicted molar refractivity (Wildman–Crippen MR) is 74.1 cm³/mol. The standard InChI is InChI=1S/C16H18F3NO2/c17-16(18,19)13-5-2-1-4-12(13)14-6-3-8-20(14)15(21)11-7-9-22-10-11/h1-2,4-5,11,14H,3,6-10H2. The van der Waals surface area contributed by atoms with Crippen LogP contribution in [0.25, 0.3) is 0 Å². The predicted octanol–water partition coefficient (Wildman–Crippen LogP) is 3.41. The van der Waals surface area contributed by atoms with Gasteiger partial charge in [0.25, 0.3) is 0 Å². The molecular formula is C16H18F3NO2. The van der Waals surface area contributed by atoms with Gasteiger partial charge in [0.2, 0.25) is 5.91 Å². The lowest BCUT2D eigenvalue weighted by atomic mass is 9.97. The fraction of sp³-hybridized carbons (Fsp3) is 0.562. The van der Waals surface area contributed by atoms with Gasteiger partial charge in [-0.25, -0.2) is 0 Å². The third-order valence-corrected chi connectivity index (χ3v) is 4.44. The van der Waals surface area contributed by atoms with Gasteiger partial charge < -0.3 is 9.64 Å². The Balaban J connectivity index is 1.89. The van der Waals surface area contributed by atoms with Crippen molar-refractivity contribution in [2.75, 3.05) is 19.8 Å². The third kappa shape index (κ3) is 2.84. The largest absolute Gasteiger partial charge is 0.416 e. The van der Waals surface area contributed by atoms with E-state index in [1.54, 1.807) is 11.0 Å². The van der Waals surface area contributed by atoms with Gasteiger partial charge in [0.15, 0.2) is 0 Å². The number of ether oxygens (including phenoxy) is 1. The molecule has 1 aromatic carbocycles. The molecule has 1 aromatic rings. The van der Waals surface area contributed by atoms with Crippen molar-refractivity contribution in [3.05, 3.63) is 35.4 Å². The molecule has 0 bridgehead atoms. The van der Waals surface area contributed by atoms with Crippen molar-refractivity contribution in [3.63, 3.8) is 0 Å². The van der Waals surface area contributed by atoms with Gasteiger partial charge in [-0.3, -0.25) is 4.79 Å². The van der Waals surface area contributed by atoms with Crippen LogP contribution >= 0.6 is 0 Å². The molecule has 1 amide bonds. The van der Waals surface area contributed by atoms with Crippen LogP contribution in [-0.2, 0) is 15.7 Å². The van der Waals surface area contributed by atoms with Crippen LogP contribution in [-0.4, -0.2) is 30.6 Å². The molecule has 2 fully saturated rings. The Kier molecular flexibility index (Phi) is 4.12. The lowest BCUT2D eigenvalue weighted by molar-refractivity contribution is -0.141. The number of hydrogen-bond donors (Lipinski definition) is 0. The molecule has 22 heavy (non-hydrogen) atoms. The fourth-order valence-electron chi connectivity index (χ4n) is 3.36. The molecular weight excluding hydrogens is 295 g/mol. The van der Waals surface area contributed by atoms with Crippen molar-refractivity contribution in [1.29, 1.82) is 0 Å². The monoisotopic (exact) mass is 313 g/mol. The van der Waals surface area contributed by atoms with E-state index in [2.05, 4.69) is 0 Å². The van der Waals surface area contributed by atoms with Crippen LogP contribution in [0, 0.1) is 5.92 Å². The molecule has 2 saturated heterocycles. The van der Waals surface area contributed by atoms with Crippen LogP contribution in [0.4, 0.5) is 13.2 Å². The molecule has 120 valence electrons. The summed E-state index contributed by atoms with van der Waals surface area (Å²) in [5, 5.41) is 0. The normalized spacial score (nSPS) is 25.7. The first kappa shape index (κ1) is 15.3. The number of alkyl halides is 3. The molecule has 2 aliphatic rings. The number of nitrogens with zero attached hydrogens (tertiary/aromatic N) is 1. The summed E-state index contributed by atoms with van der Waals surface area (Å²) in [5.74, 6) is -0.282. The van der Waals surface area contributed by atoms with Crippen LogP contribution in [0.15, 0.2) is 24.3 Å². The Morgan fingerprint density at radius 2 is 2.00 bits per heavy atom. The highest BCUT2D eigenvalue weighted by Gasteiger charge is 2.40. The van der Waals surface area contributed by atoms with E-state index in [1.165, 1.54) is 12.1 Å². The molecule has 0 aliphatic carbocycles. The topological polar surface area (TPSA) is 29.5 Å². The maximum absolute atomic E-state index is 13.2. The summed E-state index contributed by atoms with van der Waals surface area (Å²) in [5.41, 5.74) is -0.429. The minimum atomic E-state index is -4.40. The third-order valence-electron chi connectivity index (χ3n) is 4.44. The van der Waals surface area contributed by atoms with Gasteiger partial charge in [-0.15, -0.1) is 0 Å². The highest BCUT2D eigenvalue weighted by molar-refractivity contribution is 5.80. The Bertz CT molecular complexity index is 553. The van der Waals surface area contributed by atoms with E-state index in [4.69, 9.17) is 4.74 Å². The second-order valence-electron chi connectivity index (χ2n) is 5.84. The van der Waals surface area contributed by atoms with Crippen LogP contribution < -0.4 is 0 Å². The summed E-state index contributed by atoms with van der Waals surface area (Å²) in [7, 11) is 0. The first-order valence-corrected chi connectivity index (χ1v) is 7.53. The van der Waals surface area contributed by atoms with E-state index in [0.29, 0.717) is 32.6 Å². The number of halogens is 3. The molecule has 2 unspecified atom stereocenters. The van der Waals surface area contributed by atoms with Gasteiger partial charge in [-0.2, -0.15) is 13.2 Å². The second-order valence-corrected chi connectivity index (χ2v) is 5.84. The maximum atomic E-state index is 13.2. The summed E-state index contributed by atoms with van der Waals surface area (Å²) in [6, 6.07) is 5.09. The van der Waals surface area contributed by atoms with E-state index in [9.17, 15) is 18.0 Å². The molecule has 2 aliphatic heterocycles. The first-order chi connectivity index (χ1) is 10.5. The average Bonchev–Trinajstić information content (AvgIpc) is 3.17. The first-order valence-electron chi connectivity index (χ1n) is 7.53. The fourth-order valence-corrected chi connectivity index (χ4v) is 3.36. The Morgan fingerprint density at radius 3 is 2.68 bits per heavy atom. The van der Waals surface area contributed by atoms with E-state index in [0.717, 1.165) is 12.5 Å². The minimum Gasteiger partial charge on any atom is -0.381 e. The van der Waals surface area contributed by atoms with E-state index < -0.39 is 17.8 Å². The van der Waals surface area contributed by atoms with E-state index in [-0.39, 0.29) is 17.4 Å². The highest BCUT2D eigenvalue weighted by atomic mass is 19.4. The number of carbonyl (C=O) groups excluding carboxylic acids is 1. The second kappa shape index (κ2) is 5.91. The lowest BCUT2D eigenvalue weighted by Gasteiger charge is -2.29. The van der Waals surface area contributed by atoms with Gasteiger partial charge in [-0.05, 0) is 30.9 Å². The number of likely N-dealkylation sites (tertiary alicyclic amines) is 1. The summed E-state index contributed by atoms with van der Waals surface area (Å²) >= 11 is 0. The molecule has 2 heterocycles. The van der Waals surface area contributed by atoms with Crippen LogP contribution in [0.1, 0.15) is 36.4 Å². The zero-order valence-electron chi connectivity index (χ0n) is 12.1. The summed E-state index contributed by atoms with van der Waals surface area (Å²) in [4.78, 5) is 14.2. The van der Waals surface area contributed by atoms with Gasteiger partial charge in [-0.1, -0.05) is 18.2 Å². The quantitative estimate of drug-likeness (QED) is 0.837. The molecule has 0 aromatic heterocycles. The van der Waals surface area contributed by atoms with Crippen LogP contribution in [0.2, 0.25) is 0 Å². The summed E-state index contributed by atoms with van der Waals surface area (Å²) in [6.45, 7) is 1.45. The SMILES string of the molecule is O=C(C1CCOC1)N1CCCC1c1ccccc1C(F)(F)F. The molecule has 0 radical (unpaired) electrons. The molecule has 3 nitrogen and oxygen atoms in total. The molecule has 0 spiro atoms. The van der Waals surface area contributed by atoms with Crippen molar-refractivity contribution in [3.8, 4) is 0 Å². The minimum absolute atomic E-state index is 0.0722. The van der Waals surface area contributed by atoms with Gasteiger partial charge >= 0.3 is 6.18 Å². The number of amides is 1. The Hall–Kier alpha value is -1.56. The summed E-state index contributed by atoms with van der Waals surface area (Å²) in [6.07, 6.45) is -2.43. The maximum Gasteiger partial charge on any atom is 0.416 e. The van der Waals surface area contributed by atoms with Crippen molar-refractivity contribution >= 4 is 5.91 Å². The smallest absolute Gasteiger partial charge is 0.381 e. The van der Waals surface area contributed by atoms with Crippen molar-refractivity contribution < 1.29 is 22.7 Å². The molecule has 3 rings (SSSR count).